The molecular formula is C17H29. The predicted octanol–water partition coefficient (Wildman–Crippen LogP) is 6.01. The van der Waals surface area contributed by atoms with Crippen molar-refractivity contribution < 1.29 is 0 Å². The standard InChI is InChI=1S/C17H29/c1-3-5-7-9-11-13-15-17-16-14-12-10-8-6-4-2/h3,5,9,11H,1,4,6,8,10,12-17H2,2H3. The molecular weight excluding hydrogens is 204 g/mol. The van der Waals surface area contributed by atoms with E-state index in [4.69, 9.17) is 0 Å². The minimum atomic E-state index is 1.19. The summed E-state index contributed by atoms with van der Waals surface area (Å²) in [5.74, 6) is 0. The van der Waals surface area contributed by atoms with E-state index in [2.05, 4.69) is 25.7 Å². The molecule has 0 spiro atoms. The molecule has 97 valence electrons. The third-order valence-corrected chi connectivity index (χ3v) is 2.90. The summed E-state index contributed by atoms with van der Waals surface area (Å²) in [7, 11) is 0. The Bertz CT molecular complexity index is 198. The van der Waals surface area contributed by atoms with Crippen LogP contribution in [0.4, 0.5) is 0 Å². The van der Waals surface area contributed by atoms with Gasteiger partial charge in [-0.05, 0) is 18.9 Å². The van der Waals surface area contributed by atoms with Gasteiger partial charge < -0.3 is 0 Å². The normalized spacial score (nSPS) is 11.6. The fourth-order valence-electron chi connectivity index (χ4n) is 1.85. The van der Waals surface area contributed by atoms with E-state index in [9.17, 15) is 0 Å². The Kier molecular flexibility index (Phi) is 14.5. The molecule has 0 nitrogen and oxygen atoms in total. The second-order valence-electron chi connectivity index (χ2n) is 4.59. The van der Waals surface area contributed by atoms with Gasteiger partial charge in [-0.3, -0.25) is 0 Å². The zero-order valence-corrected chi connectivity index (χ0v) is 11.6. The molecule has 0 aliphatic carbocycles. The first kappa shape index (κ1) is 16.2. The van der Waals surface area contributed by atoms with Crippen LogP contribution in [0.25, 0.3) is 0 Å². The fraction of sp³-hybridized carbons (Fsp3) is 0.647. The highest BCUT2D eigenvalue weighted by atomic mass is 14.0. The van der Waals surface area contributed by atoms with E-state index in [1.165, 1.54) is 64.2 Å². The Morgan fingerprint density at radius 2 is 1.47 bits per heavy atom. The van der Waals surface area contributed by atoms with E-state index >= 15 is 0 Å². The molecule has 0 aromatic rings. The highest BCUT2D eigenvalue weighted by Gasteiger charge is 1.90. The fourth-order valence-corrected chi connectivity index (χ4v) is 1.85. The highest BCUT2D eigenvalue weighted by Crippen LogP contribution is 2.10. The van der Waals surface area contributed by atoms with Gasteiger partial charge in [0, 0.05) is 0 Å². The van der Waals surface area contributed by atoms with Crippen LogP contribution in [-0.4, -0.2) is 0 Å². The van der Waals surface area contributed by atoms with Crippen molar-refractivity contribution in [3.8, 4) is 0 Å². The Morgan fingerprint density at radius 1 is 0.882 bits per heavy atom. The first-order valence-corrected chi connectivity index (χ1v) is 7.27. The van der Waals surface area contributed by atoms with Crippen LogP contribution in [0.15, 0.2) is 30.9 Å². The van der Waals surface area contributed by atoms with E-state index in [1.54, 1.807) is 6.08 Å². The number of unbranched alkanes of at least 4 members (excludes halogenated alkanes) is 9. The van der Waals surface area contributed by atoms with Crippen molar-refractivity contribution in [2.45, 2.75) is 71.1 Å². The minimum Gasteiger partial charge on any atom is -0.0990 e. The lowest BCUT2D eigenvalue weighted by Crippen LogP contribution is -1.80. The molecule has 0 N–H and O–H groups in total. The Balaban J connectivity index is 3.05. The van der Waals surface area contributed by atoms with Gasteiger partial charge in [0.2, 0.25) is 0 Å². The van der Waals surface area contributed by atoms with E-state index < -0.39 is 0 Å². The highest BCUT2D eigenvalue weighted by molar-refractivity contribution is 5.02. The minimum absolute atomic E-state index is 1.19. The van der Waals surface area contributed by atoms with Crippen LogP contribution in [-0.2, 0) is 0 Å². The van der Waals surface area contributed by atoms with Crippen LogP contribution in [0.2, 0.25) is 0 Å². The van der Waals surface area contributed by atoms with E-state index in [1.807, 2.05) is 12.2 Å². The molecule has 0 saturated carbocycles. The van der Waals surface area contributed by atoms with Crippen molar-refractivity contribution in [3.05, 3.63) is 37.0 Å². The molecule has 1 radical (unpaired) electrons. The Morgan fingerprint density at radius 3 is 2.06 bits per heavy atom. The third kappa shape index (κ3) is 15.2. The van der Waals surface area contributed by atoms with Crippen molar-refractivity contribution in [2.75, 3.05) is 0 Å². The number of allylic oxidation sites excluding steroid dienone is 5. The molecule has 0 aliphatic heterocycles. The summed E-state index contributed by atoms with van der Waals surface area (Å²) in [5, 5.41) is 0. The van der Waals surface area contributed by atoms with Crippen molar-refractivity contribution in [1.29, 1.82) is 0 Å². The van der Waals surface area contributed by atoms with Crippen molar-refractivity contribution in [1.82, 2.24) is 0 Å². The number of rotatable bonds is 12. The van der Waals surface area contributed by atoms with Gasteiger partial charge >= 0.3 is 0 Å². The SMILES string of the molecule is C=C/C=[C]/C=CCCCCCCCCCCC. The molecule has 17 heavy (non-hydrogen) atoms. The average Bonchev–Trinajstić information content (AvgIpc) is 2.35. The van der Waals surface area contributed by atoms with Gasteiger partial charge in [-0.15, -0.1) is 0 Å². The molecule has 0 unspecified atom stereocenters. The maximum atomic E-state index is 3.60. The quantitative estimate of drug-likeness (QED) is 0.286. The van der Waals surface area contributed by atoms with Crippen molar-refractivity contribution >= 4 is 0 Å². The third-order valence-electron chi connectivity index (χ3n) is 2.90. The first-order chi connectivity index (χ1) is 8.41. The summed E-state index contributed by atoms with van der Waals surface area (Å²) in [6.07, 6.45) is 24.6. The van der Waals surface area contributed by atoms with E-state index in [-0.39, 0.29) is 0 Å². The lowest BCUT2D eigenvalue weighted by Gasteiger charge is -2.00. The lowest BCUT2D eigenvalue weighted by molar-refractivity contribution is 0.566. The molecule has 0 rings (SSSR count). The van der Waals surface area contributed by atoms with Crippen molar-refractivity contribution in [2.24, 2.45) is 0 Å². The van der Waals surface area contributed by atoms with Gasteiger partial charge in [0.15, 0.2) is 0 Å². The molecule has 0 bridgehead atoms. The zero-order chi connectivity index (χ0) is 12.6. The van der Waals surface area contributed by atoms with Crippen LogP contribution in [0.1, 0.15) is 71.1 Å². The van der Waals surface area contributed by atoms with Crippen molar-refractivity contribution in [3.63, 3.8) is 0 Å². The van der Waals surface area contributed by atoms with Gasteiger partial charge in [0.05, 0.1) is 0 Å². The van der Waals surface area contributed by atoms with E-state index in [0.717, 1.165) is 0 Å². The Labute approximate surface area is 109 Å². The van der Waals surface area contributed by atoms with Gasteiger partial charge in [-0.1, -0.05) is 89.2 Å². The summed E-state index contributed by atoms with van der Waals surface area (Å²) in [6.45, 7) is 5.88. The van der Waals surface area contributed by atoms with Crippen LogP contribution in [0.3, 0.4) is 0 Å². The van der Waals surface area contributed by atoms with Crippen LogP contribution in [0, 0.1) is 6.08 Å². The molecule has 0 aliphatic rings. The molecule has 0 fully saturated rings. The zero-order valence-electron chi connectivity index (χ0n) is 11.6. The number of hydrogen-bond acceptors (Lipinski definition) is 0. The van der Waals surface area contributed by atoms with Gasteiger partial charge in [-0.2, -0.15) is 0 Å². The van der Waals surface area contributed by atoms with Crippen LogP contribution in [0.5, 0.6) is 0 Å². The van der Waals surface area contributed by atoms with E-state index in [0.29, 0.717) is 0 Å². The largest absolute Gasteiger partial charge is 0.0990 e. The first-order valence-electron chi connectivity index (χ1n) is 7.27. The molecule has 0 atom stereocenters. The summed E-state index contributed by atoms with van der Waals surface area (Å²) >= 11 is 0. The smallest absolute Gasteiger partial charge is 0.0188 e. The maximum absolute atomic E-state index is 3.60. The molecule has 0 aromatic heterocycles. The summed E-state index contributed by atoms with van der Waals surface area (Å²) in [5.41, 5.74) is 0. The Hall–Kier alpha value is -0.780. The second-order valence-corrected chi connectivity index (χ2v) is 4.59. The van der Waals surface area contributed by atoms with Crippen LogP contribution >= 0.6 is 0 Å². The second kappa shape index (κ2) is 15.2. The van der Waals surface area contributed by atoms with Crippen LogP contribution < -0.4 is 0 Å². The van der Waals surface area contributed by atoms with Gasteiger partial charge in [0.25, 0.3) is 0 Å². The van der Waals surface area contributed by atoms with Gasteiger partial charge in [-0.25, -0.2) is 0 Å². The monoisotopic (exact) mass is 233 g/mol. The molecule has 0 amide bonds. The molecule has 0 heteroatoms. The molecule has 0 aromatic carbocycles. The predicted molar refractivity (Wildman–Crippen MR) is 79.0 cm³/mol. The topological polar surface area (TPSA) is 0 Å². The average molecular weight is 233 g/mol. The maximum Gasteiger partial charge on any atom is -0.0188 e. The molecule has 0 heterocycles. The summed E-state index contributed by atoms with van der Waals surface area (Å²) in [4.78, 5) is 0. The number of hydrogen-bond donors (Lipinski definition) is 0. The van der Waals surface area contributed by atoms with Gasteiger partial charge in [0.1, 0.15) is 0 Å². The summed E-state index contributed by atoms with van der Waals surface area (Å²) < 4.78 is 0. The molecule has 0 saturated heterocycles. The lowest BCUT2D eigenvalue weighted by atomic mass is 10.1. The summed E-state index contributed by atoms with van der Waals surface area (Å²) in [6, 6.07) is 0.